The van der Waals surface area contributed by atoms with E-state index in [-0.39, 0.29) is 12.6 Å². The van der Waals surface area contributed by atoms with Crippen LogP contribution in [0.25, 0.3) is 11.0 Å². The monoisotopic (exact) mass is 267 g/mol. The number of nitrogens with zero attached hydrogens (tertiary/aromatic N) is 3. The Morgan fingerprint density at radius 1 is 1.50 bits per heavy atom. The van der Waals surface area contributed by atoms with E-state index >= 15 is 0 Å². The molecule has 2 N–H and O–H groups in total. The fourth-order valence-electron chi connectivity index (χ4n) is 2.69. The minimum absolute atomic E-state index is 0.144. The summed E-state index contributed by atoms with van der Waals surface area (Å²) < 4.78 is 2.01. The molecule has 2 atom stereocenters. The van der Waals surface area contributed by atoms with Crippen LogP contribution >= 0.6 is 11.6 Å². The van der Waals surface area contributed by atoms with Gasteiger partial charge in [-0.2, -0.15) is 0 Å². The van der Waals surface area contributed by atoms with E-state index in [1.165, 1.54) is 6.33 Å². The molecule has 1 aliphatic rings. The van der Waals surface area contributed by atoms with Crippen molar-refractivity contribution in [3.05, 3.63) is 23.7 Å². The molecule has 0 spiro atoms. The number of aliphatic hydroxyl groups is 2. The summed E-state index contributed by atoms with van der Waals surface area (Å²) >= 11 is 6.01. The van der Waals surface area contributed by atoms with Gasteiger partial charge in [0.05, 0.1) is 17.6 Å². The van der Waals surface area contributed by atoms with Gasteiger partial charge in [0.2, 0.25) is 0 Å². The van der Waals surface area contributed by atoms with E-state index in [9.17, 15) is 10.2 Å². The minimum Gasteiger partial charge on any atom is -0.393 e. The Balaban J connectivity index is 1.99. The van der Waals surface area contributed by atoms with E-state index < -0.39 is 5.60 Å². The smallest absolute Gasteiger partial charge is 0.145 e. The first kappa shape index (κ1) is 11.9. The molecule has 0 saturated heterocycles. The van der Waals surface area contributed by atoms with Crippen molar-refractivity contribution in [2.75, 3.05) is 6.61 Å². The van der Waals surface area contributed by atoms with Gasteiger partial charge in [-0.1, -0.05) is 11.6 Å². The van der Waals surface area contributed by atoms with Gasteiger partial charge in [0, 0.05) is 12.2 Å². The van der Waals surface area contributed by atoms with E-state index in [0.29, 0.717) is 18.0 Å². The fraction of sp³-hybridized carbons (Fsp3) is 0.500. The van der Waals surface area contributed by atoms with Crippen LogP contribution in [-0.4, -0.2) is 37.0 Å². The molecule has 0 aromatic carbocycles. The SMILES string of the molecule is OC[C@@]1(O)CCC(n2ccc3c(Cl)ncnc32)C1. The first-order chi connectivity index (χ1) is 8.63. The predicted molar refractivity (Wildman–Crippen MR) is 67.5 cm³/mol. The van der Waals surface area contributed by atoms with Crippen LogP contribution in [-0.2, 0) is 0 Å². The van der Waals surface area contributed by atoms with E-state index in [2.05, 4.69) is 9.97 Å². The zero-order chi connectivity index (χ0) is 12.8. The standard InChI is InChI=1S/C12H14ClN3O2/c13-10-9-2-4-16(11(9)15-7-14-10)8-1-3-12(18,5-8)6-17/h2,4,7-8,17-18H,1,3,5-6H2/t8?,12-/m1/s1. The predicted octanol–water partition coefficient (Wildman–Crippen LogP) is 1.53. The summed E-state index contributed by atoms with van der Waals surface area (Å²) in [7, 11) is 0. The quantitative estimate of drug-likeness (QED) is 0.810. The third-order valence-corrected chi connectivity index (χ3v) is 4.01. The van der Waals surface area contributed by atoms with Crippen LogP contribution in [0.3, 0.4) is 0 Å². The highest BCUT2D eigenvalue weighted by atomic mass is 35.5. The molecule has 18 heavy (non-hydrogen) atoms. The Hall–Kier alpha value is -1.17. The second-order valence-corrected chi connectivity index (χ2v) is 5.26. The first-order valence-electron chi connectivity index (χ1n) is 5.93. The summed E-state index contributed by atoms with van der Waals surface area (Å²) in [4.78, 5) is 8.19. The van der Waals surface area contributed by atoms with Gasteiger partial charge in [0.25, 0.3) is 0 Å². The summed E-state index contributed by atoms with van der Waals surface area (Å²) in [6, 6.07) is 2.03. The van der Waals surface area contributed by atoms with Crippen LogP contribution in [0, 0.1) is 0 Å². The van der Waals surface area contributed by atoms with Crippen LogP contribution < -0.4 is 0 Å². The highest BCUT2D eigenvalue weighted by Gasteiger charge is 2.37. The Kier molecular flexibility index (Phi) is 2.77. The molecule has 96 valence electrons. The third kappa shape index (κ3) is 1.79. The lowest BCUT2D eigenvalue weighted by atomic mass is 10.0. The molecule has 1 saturated carbocycles. The average Bonchev–Trinajstić information content (AvgIpc) is 2.94. The molecule has 0 aliphatic heterocycles. The van der Waals surface area contributed by atoms with E-state index in [0.717, 1.165) is 17.5 Å². The summed E-state index contributed by atoms with van der Waals surface area (Å²) in [5.74, 6) is 0. The highest BCUT2D eigenvalue weighted by Crippen LogP contribution is 2.39. The molecule has 3 rings (SSSR count). The third-order valence-electron chi connectivity index (χ3n) is 3.71. The van der Waals surface area contributed by atoms with Crippen molar-refractivity contribution in [3.63, 3.8) is 0 Å². The van der Waals surface area contributed by atoms with Gasteiger partial charge in [0.1, 0.15) is 17.1 Å². The van der Waals surface area contributed by atoms with Crippen LogP contribution in [0.15, 0.2) is 18.6 Å². The number of aliphatic hydroxyl groups excluding tert-OH is 1. The second kappa shape index (κ2) is 4.19. The molecule has 1 aliphatic carbocycles. The normalized spacial score (nSPS) is 28.1. The number of hydrogen-bond donors (Lipinski definition) is 2. The van der Waals surface area contributed by atoms with E-state index in [1.54, 1.807) is 0 Å². The van der Waals surface area contributed by atoms with Gasteiger partial charge in [-0.3, -0.25) is 0 Å². The molecule has 2 aromatic rings. The molecular formula is C12H14ClN3O2. The first-order valence-corrected chi connectivity index (χ1v) is 6.31. The summed E-state index contributed by atoms with van der Waals surface area (Å²) in [5.41, 5.74) is -0.180. The Labute approximate surface area is 109 Å². The molecule has 0 bridgehead atoms. The molecule has 0 radical (unpaired) electrons. The van der Waals surface area contributed by atoms with Crippen LogP contribution in [0.2, 0.25) is 5.15 Å². The molecule has 0 amide bonds. The van der Waals surface area contributed by atoms with Crippen LogP contribution in [0.1, 0.15) is 25.3 Å². The lowest BCUT2D eigenvalue weighted by Crippen LogP contribution is -2.29. The number of halogens is 1. The number of rotatable bonds is 2. The largest absolute Gasteiger partial charge is 0.393 e. The lowest BCUT2D eigenvalue weighted by Gasteiger charge is -2.20. The van der Waals surface area contributed by atoms with E-state index in [4.69, 9.17) is 11.6 Å². The van der Waals surface area contributed by atoms with Gasteiger partial charge in [-0.05, 0) is 25.3 Å². The molecule has 5 nitrogen and oxygen atoms in total. The van der Waals surface area contributed by atoms with Crippen molar-refractivity contribution in [1.29, 1.82) is 0 Å². The number of hydrogen-bond acceptors (Lipinski definition) is 4. The highest BCUT2D eigenvalue weighted by molar-refractivity contribution is 6.33. The van der Waals surface area contributed by atoms with Crippen molar-refractivity contribution >= 4 is 22.6 Å². The average molecular weight is 268 g/mol. The molecule has 1 fully saturated rings. The van der Waals surface area contributed by atoms with Gasteiger partial charge >= 0.3 is 0 Å². The maximum Gasteiger partial charge on any atom is 0.145 e. The molecular weight excluding hydrogens is 254 g/mol. The van der Waals surface area contributed by atoms with Crippen molar-refractivity contribution in [3.8, 4) is 0 Å². The topological polar surface area (TPSA) is 71.2 Å². The van der Waals surface area contributed by atoms with Crippen molar-refractivity contribution in [2.24, 2.45) is 0 Å². The van der Waals surface area contributed by atoms with Gasteiger partial charge in [0.15, 0.2) is 0 Å². The molecule has 2 aromatic heterocycles. The lowest BCUT2D eigenvalue weighted by molar-refractivity contribution is -0.0107. The minimum atomic E-state index is -0.960. The van der Waals surface area contributed by atoms with Crippen LogP contribution in [0.5, 0.6) is 0 Å². The van der Waals surface area contributed by atoms with Crippen LogP contribution in [0.4, 0.5) is 0 Å². The molecule has 1 unspecified atom stereocenters. The Morgan fingerprint density at radius 3 is 3.06 bits per heavy atom. The summed E-state index contributed by atoms with van der Waals surface area (Å²) in [6.45, 7) is -0.196. The van der Waals surface area contributed by atoms with Gasteiger partial charge < -0.3 is 14.8 Å². The molecule has 2 heterocycles. The van der Waals surface area contributed by atoms with E-state index in [1.807, 2.05) is 16.8 Å². The van der Waals surface area contributed by atoms with Crippen molar-refractivity contribution in [2.45, 2.75) is 30.9 Å². The number of fused-ring (bicyclic) bond motifs is 1. The number of aromatic nitrogens is 3. The fourth-order valence-corrected chi connectivity index (χ4v) is 2.88. The van der Waals surface area contributed by atoms with Crippen molar-refractivity contribution < 1.29 is 10.2 Å². The molecule has 6 heteroatoms. The Bertz CT molecular complexity index is 586. The van der Waals surface area contributed by atoms with Gasteiger partial charge in [-0.15, -0.1) is 0 Å². The summed E-state index contributed by atoms with van der Waals surface area (Å²) in [6.07, 6.45) is 5.32. The zero-order valence-corrected chi connectivity index (χ0v) is 10.5. The van der Waals surface area contributed by atoms with Gasteiger partial charge in [-0.25, -0.2) is 9.97 Å². The summed E-state index contributed by atoms with van der Waals surface area (Å²) in [5, 5.41) is 20.5. The zero-order valence-electron chi connectivity index (χ0n) is 9.75. The van der Waals surface area contributed by atoms with Crippen molar-refractivity contribution in [1.82, 2.24) is 14.5 Å². The second-order valence-electron chi connectivity index (χ2n) is 4.90. The Morgan fingerprint density at radius 2 is 2.33 bits per heavy atom. The maximum absolute atomic E-state index is 10.1. The maximum atomic E-state index is 10.1.